The number of aryl methyl sites for hydroxylation is 2. The number of rotatable bonds is 5. The van der Waals surface area contributed by atoms with Crippen LogP contribution in [0.2, 0.25) is 0 Å². The number of hydrogen-bond donors (Lipinski definition) is 2. The van der Waals surface area contributed by atoms with Gasteiger partial charge < -0.3 is 15.3 Å². The molecule has 1 aromatic rings. The van der Waals surface area contributed by atoms with Crippen LogP contribution in [0.1, 0.15) is 49.2 Å². The van der Waals surface area contributed by atoms with E-state index >= 15 is 0 Å². The summed E-state index contributed by atoms with van der Waals surface area (Å²) < 4.78 is 0. The monoisotopic (exact) mass is 325 g/mol. The van der Waals surface area contributed by atoms with Gasteiger partial charge in [0.2, 0.25) is 0 Å². The third kappa shape index (κ3) is 3.98. The van der Waals surface area contributed by atoms with E-state index in [2.05, 4.69) is 24.1 Å². The van der Waals surface area contributed by atoms with Crippen molar-refractivity contribution in [1.82, 2.24) is 15.2 Å². The lowest BCUT2D eigenvalue weighted by Crippen LogP contribution is -2.51. The van der Waals surface area contributed by atoms with Crippen molar-refractivity contribution in [2.45, 2.75) is 65.0 Å². The normalized spacial score (nSPS) is 18.8. The minimum atomic E-state index is -0.851. The molecule has 0 radical (unpaired) electrons. The van der Waals surface area contributed by atoms with Crippen molar-refractivity contribution in [2.75, 3.05) is 13.1 Å². The van der Waals surface area contributed by atoms with E-state index in [1.54, 1.807) is 30.1 Å². The van der Waals surface area contributed by atoms with Crippen LogP contribution in [0.25, 0.3) is 0 Å². The summed E-state index contributed by atoms with van der Waals surface area (Å²) in [6.45, 7) is 9.05. The molecule has 1 atom stereocenters. The molecule has 0 bridgehead atoms. The van der Waals surface area contributed by atoms with E-state index in [9.17, 15) is 9.90 Å². The Labute approximate surface area is 136 Å². The lowest BCUT2D eigenvalue weighted by atomic mass is 9.97. The smallest absolute Gasteiger partial charge is 0.317 e. The molecule has 124 valence electrons. The summed E-state index contributed by atoms with van der Waals surface area (Å²) in [4.78, 5) is 19.9. The molecule has 1 aromatic heterocycles. The minimum Gasteiger partial charge on any atom is -0.388 e. The second-order valence-electron chi connectivity index (χ2n) is 6.45. The number of carbonyl (C=O) groups is 1. The maximum absolute atomic E-state index is 12.3. The summed E-state index contributed by atoms with van der Waals surface area (Å²) in [5, 5.41) is 14.2. The van der Waals surface area contributed by atoms with Gasteiger partial charge in [0, 0.05) is 24.4 Å². The van der Waals surface area contributed by atoms with Crippen molar-refractivity contribution in [2.24, 2.45) is 0 Å². The molecule has 6 heteroatoms. The van der Waals surface area contributed by atoms with Crippen molar-refractivity contribution >= 4 is 17.4 Å². The highest BCUT2D eigenvalue weighted by atomic mass is 32.1. The van der Waals surface area contributed by atoms with E-state index in [1.807, 2.05) is 0 Å². The fourth-order valence-electron chi connectivity index (χ4n) is 3.04. The average molecular weight is 325 g/mol. The Morgan fingerprint density at radius 3 is 2.86 bits per heavy atom. The third-order valence-electron chi connectivity index (χ3n) is 4.22. The minimum absolute atomic E-state index is 0.0754. The number of aliphatic hydroxyl groups is 1. The average Bonchev–Trinajstić information content (AvgIpc) is 3.04. The Kier molecular flexibility index (Phi) is 5.45. The van der Waals surface area contributed by atoms with Gasteiger partial charge in [0.15, 0.2) is 0 Å². The van der Waals surface area contributed by atoms with E-state index in [-0.39, 0.29) is 12.1 Å². The fraction of sp³-hybridized carbons (Fsp3) is 0.750. The van der Waals surface area contributed by atoms with Crippen LogP contribution in [-0.2, 0) is 12.8 Å². The standard InChI is InChI=1S/C16H27N3O2S/c1-5-12-11(2)22-14(18-12)8-9-17-15(20)19-10-6-7-13(19)16(3,4)21/h13,21H,5-10H2,1-4H3,(H,17,20)/t13-/m1/s1. The van der Waals surface area contributed by atoms with Crippen LogP contribution in [0, 0.1) is 6.92 Å². The summed E-state index contributed by atoms with van der Waals surface area (Å²) in [5.74, 6) is 0. The molecular formula is C16H27N3O2S. The number of thiazole rings is 1. The molecular weight excluding hydrogens is 298 g/mol. The Balaban J connectivity index is 1.84. The Morgan fingerprint density at radius 1 is 1.55 bits per heavy atom. The number of likely N-dealkylation sites (tertiary alicyclic amines) is 1. The molecule has 1 saturated heterocycles. The molecule has 22 heavy (non-hydrogen) atoms. The first-order valence-corrected chi connectivity index (χ1v) is 8.86. The maximum atomic E-state index is 12.3. The molecule has 5 nitrogen and oxygen atoms in total. The Morgan fingerprint density at radius 2 is 2.27 bits per heavy atom. The van der Waals surface area contributed by atoms with Crippen molar-refractivity contribution in [1.29, 1.82) is 0 Å². The summed E-state index contributed by atoms with van der Waals surface area (Å²) in [5.41, 5.74) is 0.309. The third-order valence-corrected chi connectivity index (χ3v) is 5.29. The van der Waals surface area contributed by atoms with Crippen LogP contribution in [0.5, 0.6) is 0 Å². The summed E-state index contributed by atoms with van der Waals surface area (Å²) in [6.07, 6.45) is 3.53. The van der Waals surface area contributed by atoms with Gasteiger partial charge >= 0.3 is 6.03 Å². The zero-order valence-electron chi connectivity index (χ0n) is 14.0. The molecule has 0 saturated carbocycles. The number of nitrogens with one attached hydrogen (secondary N) is 1. The molecule has 2 amide bonds. The van der Waals surface area contributed by atoms with E-state index < -0.39 is 5.60 Å². The quantitative estimate of drug-likeness (QED) is 0.874. The maximum Gasteiger partial charge on any atom is 0.317 e. The van der Waals surface area contributed by atoms with Gasteiger partial charge in [-0.25, -0.2) is 9.78 Å². The molecule has 2 heterocycles. The summed E-state index contributed by atoms with van der Waals surface area (Å²) >= 11 is 1.71. The second-order valence-corrected chi connectivity index (χ2v) is 7.74. The van der Waals surface area contributed by atoms with Crippen LogP contribution in [0.4, 0.5) is 4.79 Å². The Hall–Kier alpha value is -1.14. The van der Waals surface area contributed by atoms with Crippen molar-refractivity contribution in [3.05, 3.63) is 15.6 Å². The van der Waals surface area contributed by atoms with Gasteiger partial charge in [-0.1, -0.05) is 6.92 Å². The summed E-state index contributed by atoms with van der Waals surface area (Å²) in [6, 6.07) is -0.171. The Bertz CT molecular complexity index is 522. The predicted molar refractivity (Wildman–Crippen MR) is 89.4 cm³/mol. The largest absolute Gasteiger partial charge is 0.388 e. The highest BCUT2D eigenvalue weighted by Crippen LogP contribution is 2.26. The first kappa shape index (κ1) is 17.2. The van der Waals surface area contributed by atoms with Crippen LogP contribution in [-0.4, -0.2) is 45.8 Å². The second kappa shape index (κ2) is 6.96. The molecule has 0 spiro atoms. The van der Waals surface area contributed by atoms with Gasteiger partial charge in [-0.15, -0.1) is 11.3 Å². The van der Waals surface area contributed by atoms with E-state index in [4.69, 9.17) is 0 Å². The van der Waals surface area contributed by atoms with Gasteiger partial charge in [-0.3, -0.25) is 0 Å². The number of carbonyl (C=O) groups excluding carboxylic acids is 1. The SMILES string of the molecule is CCc1nc(CCNC(=O)N2CCC[C@@H]2C(C)(C)O)sc1C. The number of hydrogen-bond acceptors (Lipinski definition) is 4. The van der Waals surface area contributed by atoms with E-state index in [0.717, 1.165) is 42.9 Å². The molecule has 0 aliphatic carbocycles. The number of urea groups is 1. The van der Waals surface area contributed by atoms with Gasteiger partial charge in [0.25, 0.3) is 0 Å². The lowest BCUT2D eigenvalue weighted by molar-refractivity contribution is 0.00986. The topological polar surface area (TPSA) is 65.5 Å². The molecule has 2 rings (SSSR count). The highest BCUT2D eigenvalue weighted by molar-refractivity contribution is 7.11. The molecule has 0 aromatic carbocycles. The molecule has 2 N–H and O–H groups in total. The molecule has 1 fully saturated rings. The van der Waals surface area contributed by atoms with Crippen molar-refractivity contribution in [3.8, 4) is 0 Å². The van der Waals surface area contributed by atoms with Gasteiger partial charge in [-0.2, -0.15) is 0 Å². The molecule has 1 aliphatic rings. The number of aromatic nitrogens is 1. The van der Waals surface area contributed by atoms with Gasteiger partial charge in [0.05, 0.1) is 22.3 Å². The lowest BCUT2D eigenvalue weighted by Gasteiger charge is -2.33. The first-order chi connectivity index (χ1) is 10.3. The van der Waals surface area contributed by atoms with E-state index in [1.165, 1.54) is 4.88 Å². The highest BCUT2D eigenvalue weighted by Gasteiger charge is 2.38. The number of amides is 2. The zero-order valence-corrected chi connectivity index (χ0v) is 14.8. The van der Waals surface area contributed by atoms with Crippen LogP contribution in [0.15, 0.2) is 0 Å². The van der Waals surface area contributed by atoms with Gasteiger partial charge in [-0.05, 0) is 40.0 Å². The van der Waals surface area contributed by atoms with Crippen molar-refractivity contribution < 1.29 is 9.90 Å². The first-order valence-electron chi connectivity index (χ1n) is 8.05. The van der Waals surface area contributed by atoms with Crippen molar-refractivity contribution in [3.63, 3.8) is 0 Å². The predicted octanol–water partition coefficient (Wildman–Crippen LogP) is 2.50. The van der Waals surface area contributed by atoms with Crippen LogP contribution >= 0.6 is 11.3 Å². The van der Waals surface area contributed by atoms with Gasteiger partial charge in [0.1, 0.15) is 0 Å². The van der Waals surface area contributed by atoms with Crippen LogP contribution < -0.4 is 5.32 Å². The van der Waals surface area contributed by atoms with Crippen LogP contribution in [0.3, 0.4) is 0 Å². The van der Waals surface area contributed by atoms with E-state index in [0.29, 0.717) is 6.54 Å². The fourth-order valence-corrected chi connectivity index (χ4v) is 4.07. The number of nitrogens with zero attached hydrogens (tertiary/aromatic N) is 2. The summed E-state index contributed by atoms with van der Waals surface area (Å²) in [7, 11) is 0. The molecule has 1 aliphatic heterocycles. The zero-order chi connectivity index (χ0) is 16.3. The molecule has 0 unspecified atom stereocenters.